The minimum atomic E-state index is -0.358. The Bertz CT molecular complexity index is 1240. The third-order valence-electron chi connectivity index (χ3n) is 4.91. The van der Waals surface area contributed by atoms with E-state index in [2.05, 4.69) is 51.2 Å². The Kier molecular flexibility index (Phi) is 7.75. The molecule has 0 bridgehead atoms. The number of benzene rings is 3. The second-order valence-electron chi connectivity index (χ2n) is 7.49. The summed E-state index contributed by atoms with van der Waals surface area (Å²) in [6.07, 6.45) is 1.73. The summed E-state index contributed by atoms with van der Waals surface area (Å²) in [7, 11) is 0. The van der Waals surface area contributed by atoms with Crippen molar-refractivity contribution in [3.8, 4) is 5.75 Å². The van der Waals surface area contributed by atoms with Crippen molar-refractivity contribution in [3.05, 3.63) is 101 Å². The van der Waals surface area contributed by atoms with E-state index in [1.165, 1.54) is 22.6 Å². The average Bonchev–Trinajstić information content (AvgIpc) is 3.02. The Hall–Kier alpha value is -1.92. The van der Waals surface area contributed by atoms with E-state index in [0.717, 1.165) is 35.8 Å². The molecule has 0 N–H and O–H groups in total. The lowest BCUT2D eigenvalue weighted by Gasteiger charge is -2.13. The van der Waals surface area contributed by atoms with Gasteiger partial charge < -0.3 is 4.74 Å². The van der Waals surface area contributed by atoms with Crippen molar-refractivity contribution in [2.75, 3.05) is 0 Å². The molecular formula is C25H18FI2NO3S. The van der Waals surface area contributed by atoms with E-state index < -0.39 is 0 Å². The second kappa shape index (κ2) is 10.6. The topological polar surface area (TPSA) is 46.6 Å². The number of ether oxygens (including phenoxy) is 1. The first-order valence-corrected chi connectivity index (χ1v) is 12.9. The number of amides is 2. The molecule has 4 rings (SSSR count). The fraction of sp³-hybridized carbons (Fsp3) is 0.120. The van der Waals surface area contributed by atoms with Crippen LogP contribution in [0.1, 0.15) is 22.3 Å². The molecule has 0 spiro atoms. The van der Waals surface area contributed by atoms with E-state index in [4.69, 9.17) is 4.74 Å². The molecule has 168 valence electrons. The summed E-state index contributed by atoms with van der Waals surface area (Å²) in [5.41, 5.74) is 3.79. The molecule has 8 heteroatoms. The highest BCUT2D eigenvalue weighted by molar-refractivity contribution is 14.1. The number of carbonyl (C=O) groups is 2. The Morgan fingerprint density at radius 2 is 1.70 bits per heavy atom. The molecule has 1 saturated heterocycles. The SMILES string of the molecule is Cc1cccc(COc2c(I)cc(/C=C3\SC(=O)N(Cc4ccc(F)cc4)C3=O)cc2I)c1. The van der Waals surface area contributed by atoms with Crippen LogP contribution in [0.4, 0.5) is 9.18 Å². The van der Waals surface area contributed by atoms with Crippen molar-refractivity contribution in [2.45, 2.75) is 20.1 Å². The van der Waals surface area contributed by atoms with Gasteiger partial charge in [0.1, 0.15) is 18.2 Å². The highest BCUT2D eigenvalue weighted by Gasteiger charge is 2.35. The molecular weight excluding hydrogens is 667 g/mol. The predicted molar refractivity (Wildman–Crippen MR) is 145 cm³/mol. The van der Waals surface area contributed by atoms with Gasteiger partial charge in [-0.25, -0.2) is 4.39 Å². The van der Waals surface area contributed by atoms with Crippen molar-refractivity contribution < 1.29 is 18.7 Å². The number of hydrogen-bond donors (Lipinski definition) is 0. The lowest BCUT2D eigenvalue weighted by molar-refractivity contribution is -0.123. The fourth-order valence-electron chi connectivity index (χ4n) is 3.32. The monoisotopic (exact) mass is 685 g/mol. The van der Waals surface area contributed by atoms with Crippen LogP contribution in [-0.4, -0.2) is 16.0 Å². The third-order valence-corrected chi connectivity index (χ3v) is 7.42. The summed E-state index contributed by atoms with van der Waals surface area (Å²) < 4.78 is 21.0. The maximum absolute atomic E-state index is 13.1. The third kappa shape index (κ3) is 5.96. The van der Waals surface area contributed by atoms with Crippen molar-refractivity contribution in [3.63, 3.8) is 0 Å². The molecule has 3 aromatic rings. The summed E-state index contributed by atoms with van der Waals surface area (Å²) in [4.78, 5) is 26.8. The Morgan fingerprint density at radius 1 is 1.00 bits per heavy atom. The lowest BCUT2D eigenvalue weighted by atomic mass is 10.1. The van der Waals surface area contributed by atoms with E-state index in [1.807, 2.05) is 37.3 Å². The molecule has 1 aliphatic rings. The second-order valence-corrected chi connectivity index (χ2v) is 10.8. The molecule has 0 radical (unpaired) electrons. The summed E-state index contributed by atoms with van der Waals surface area (Å²) in [5, 5.41) is -0.335. The van der Waals surface area contributed by atoms with Gasteiger partial charge >= 0.3 is 0 Å². The zero-order valence-electron chi connectivity index (χ0n) is 17.5. The Labute approximate surface area is 222 Å². The van der Waals surface area contributed by atoms with Gasteiger partial charge in [-0.15, -0.1) is 0 Å². The van der Waals surface area contributed by atoms with Gasteiger partial charge in [0.2, 0.25) is 0 Å². The van der Waals surface area contributed by atoms with Crippen LogP contribution in [0.2, 0.25) is 0 Å². The van der Waals surface area contributed by atoms with Crippen LogP contribution in [0, 0.1) is 19.9 Å². The average molecular weight is 685 g/mol. The summed E-state index contributed by atoms with van der Waals surface area (Å²) in [6.45, 7) is 2.63. The van der Waals surface area contributed by atoms with Crippen molar-refractivity contribution in [1.29, 1.82) is 0 Å². The fourth-order valence-corrected chi connectivity index (χ4v) is 6.28. The van der Waals surface area contributed by atoms with Crippen LogP contribution in [0.15, 0.2) is 65.6 Å². The van der Waals surface area contributed by atoms with E-state index >= 15 is 0 Å². The molecule has 3 aromatic carbocycles. The van der Waals surface area contributed by atoms with Crippen LogP contribution in [0.25, 0.3) is 6.08 Å². The molecule has 0 unspecified atom stereocenters. The summed E-state index contributed by atoms with van der Waals surface area (Å²) in [5.74, 6) is 0.0849. The van der Waals surface area contributed by atoms with Crippen LogP contribution >= 0.6 is 56.9 Å². The molecule has 1 aliphatic heterocycles. The van der Waals surface area contributed by atoms with Gasteiger partial charge in [-0.3, -0.25) is 14.5 Å². The smallest absolute Gasteiger partial charge is 0.293 e. The summed E-state index contributed by atoms with van der Waals surface area (Å²) >= 11 is 5.35. The Balaban J connectivity index is 1.49. The van der Waals surface area contributed by atoms with Crippen molar-refractivity contribution >= 4 is 74.2 Å². The van der Waals surface area contributed by atoms with Crippen LogP contribution in [0.5, 0.6) is 5.75 Å². The van der Waals surface area contributed by atoms with Gasteiger partial charge in [0.15, 0.2) is 0 Å². The first-order valence-electron chi connectivity index (χ1n) is 9.97. The van der Waals surface area contributed by atoms with Gasteiger partial charge in [-0.05, 0) is 111 Å². The quantitative estimate of drug-likeness (QED) is 0.204. The normalized spacial score (nSPS) is 14.9. The number of halogens is 3. The van der Waals surface area contributed by atoms with E-state index in [1.54, 1.807) is 18.2 Å². The minimum Gasteiger partial charge on any atom is -0.487 e. The predicted octanol–water partition coefficient (Wildman–Crippen LogP) is 7.16. The zero-order chi connectivity index (χ0) is 23.5. The molecule has 0 aromatic heterocycles. The summed E-state index contributed by atoms with van der Waals surface area (Å²) in [6, 6.07) is 17.8. The van der Waals surface area contributed by atoms with Gasteiger partial charge in [-0.1, -0.05) is 42.0 Å². The molecule has 33 heavy (non-hydrogen) atoms. The van der Waals surface area contributed by atoms with Crippen molar-refractivity contribution in [1.82, 2.24) is 4.90 Å². The minimum absolute atomic E-state index is 0.114. The van der Waals surface area contributed by atoms with Crippen LogP contribution in [-0.2, 0) is 17.9 Å². The first kappa shape index (κ1) is 24.2. The van der Waals surface area contributed by atoms with Gasteiger partial charge in [0.05, 0.1) is 18.6 Å². The molecule has 1 heterocycles. The maximum Gasteiger partial charge on any atom is 0.293 e. The standard InChI is InChI=1S/C25H18FI2NO3S/c1-15-3-2-4-17(9-15)14-32-23-20(27)10-18(11-21(23)28)12-22-24(30)29(25(31)33-22)13-16-5-7-19(26)8-6-16/h2-12H,13-14H2,1H3/b22-12-. The number of carbonyl (C=O) groups excluding carboxylic acids is 2. The molecule has 2 amide bonds. The number of rotatable bonds is 6. The lowest BCUT2D eigenvalue weighted by Crippen LogP contribution is -2.27. The van der Waals surface area contributed by atoms with E-state index in [9.17, 15) is 14.0 Å². The Morgan fingerprint density at radius 3 is 2.36 bits per heavy atom. The zero-order valence-corrected chi connectivity index (χ0v) is 22.6. The largest absolute Gasteiger partial charge is 0.487 e. The van der Waals surface area contributed by atoms with Gasteiger partial charge in [0.25, 0.3) is 11.1 Å². The van der Waals surface area contributed by atoms with E-state index in [-0.39, 0.29) is 23.5 Å². The number of hydrogen-bond acceptors (Lipinski definition) is 4. The molecule has 4 nitrogen and oxygen atoms in total. The highest BCUT2D eigenvalue weighted by atomic mass is 127. The van der Waals surface area contributed by atoms with Gasteiger partial charge in [-0.2, -0.15) is 0 Å². The maximum atomic E-state index is 13.1. The van der Waals surface area contributed by atoms with Crippen molar-refractivity contribution in [2.24, 2.45) is 0 Å². The number of thioether (sulfide) groups is 1. The number of imide groups is 1. The van der Waals surface area contributed by atoms with Gasteiger partial charge in [0, 0.05) is 0 Å². The first-order chi connectivity index (χ1) is 15.8. The molecule has 0 atom stereocenters. The highest BCUT2D eigenvalue weighted by Crippen LogP contribution is 2.35. The van der Waals surface area contributed by atoms with Crippen LogP contribution in [0.3, 0.4) is 0 Å². The molecule has 0 saturated carbocycles. The van der Waals surface area contributed by atoms with Crippen LogP contribution < -0.4 is 4.74 Å². The molecule has 0 aliphatic carbocycles. The number of aryl methyl sites for hydroxylation is 1. The number of nitrogens with zero attached hydrogens (tertiary/aromatic N) is 1. The van der Waals surface area contributed by atoms with E-state index in [0.29, 0.717) is 17.1 Å². The molecule has 1 fully saturated rings.